The number of benzene rings is 8. The molecular weight excluding hydrogens is 608 g/mol. The summed E-state index contributed by atoms with van der Waals surface area (Å²) in [6, 6.07) is 59.7. The molecule has 0 radical (unpaired) electrons. The molecule has 0 saturated carbocycles. The number of hydrogen-bond donors (Lipinski definition) is 0. The quantitative estimate of drug-likeness (QED) is 0.168. The van der Waals surface area contributed by atoms with E-state index in [4.69, 9.17) is 0 Å². The van der Waals surface area contributed by atoms with Crippen molar-refractivity contribution in [1.29, 1.82) is 0 Å². The summed E-state index contributed by atoms with van der Waals surface area (Å²) in [5.74, 6) is 0. The van der Waals surface area contributed by atoms with Crippen molar-refractivity contribution in [3.05, 3.63) is 174 Å². The highest BCUT2D eigenvalue weighted by Crippen LogP contribution is 2.56. The monoisotopic (exact) mass is 642 g/mol. The summed E-state index contributed by atoms with van der Waals surface area (Å²) in [5.41, 5.74) is 12.0. The Morgan fingerprint density at radius 2 is 1.00 bits per heavy atom. The molecule has 232 valence electrons. The third-order valence-electron chi connectivity index (χ3n) is 11.0. The molecule has 1 heterocycles. The fourth-order valence-corrected chi connectivity index (χ4v) is 11.4. The van der Waals surface area contributed by atoms with Gasteiger partial charge in [-0.05, 0) is 107 Å². The Morgan fingerprint density at radius 1 is 0.408 bits per heavy atom. The maximum absolute atomic E-state index is 2.48. The fourth-order valence-electron chi connectivity index (χ4n) is 8.76. The van der Waals surface area contributed by atoms with Crippen LogP contribution in [0.1, 0.15) is 30.5 Å². The molecule has 1 atom stereocenters. The summed E-state index contributed by atoms with van der Waals surface area (Å²) in [6.45, 7) is 6.97. The number of fused-ring (bicyclic) bond motifs is 8. The van der Waals surface area contributed by atoms with Gasteiger partial charge in [0.05, 0.1) is 0 Å². The zero-order chi connectivity index (χ0) is 32.9. The summed E-state index contributed by atoms with van der Waals surface area (Å²) < 4.78 is 0. The zero-order valence-electron chi connectivity index (χ0n) is 28.0. The molecule has 9 aromatic rings. The van der Waals surface area contributed by atoms with Crippen LogP contribution in [0.5, 0.6) is 0 Å². The van der Waals surface area contributed by atoms with Crippen LogP contribution in [0.25, 0.3) is 81.2 Å². The zero-order valence-corrected chi connectivity index (χ0v) is 28.9. The summed E-state index contributed by atoms with van der Waals surface area (Å²) in [6.07, 6.45) is 0. The molecule has 1 unspecified atom stereocenters. The van der Waals surface area contributed by atoms with Crippen LogP contribution in [0.4, 0.5) is 0 Å². The minimum absolute atomic E-state index is 0.0523. The van der Waals surface area contributed by atoms with E-state index in [0.29, 0.717) is 0 Å². The lowest BCUT2D eigenvalue weighted by Crippen LogP contribution is -2.14. The van der Waals surface area contributed by atoms with Crippen molar-refractivity contribution in [3.63, 3.8) is 0 Å². The second-order valence-electron chi connectivity index (χ2n) is 14.2. The number of rotatable bonds is 3. The molecule has 0 bridgehead atoms. The van der Waals surface area contributed by atoms with E-state index in [1.54, 1.807) is 0 Å². The largest absolute Gasteiger partial charge is 0.0772 e. The first kappa shape index (κ1) is 28.6. The maximum atomic E-state index is 2.48. The summed E-state index contributed by atoms with van der Waals surface area (Å²) in [4.78, 5) is 0. The molecule has 0 amide bonds. The van der Waals surface area contributed by atoms with Gasteiger partial charge in [0.2, 0.25) is 0 Å². The standard InChI is InChI=1S/C48H35P/c1-30-21-24-39-41(27-30)47(32-22-25-35-34-15-9-11-19-42(34)48(2,3)43(35)29-32)38-18-8-7-17-37(38)46(39)31-23-26-45-40(28-31)36-16-10-12-20-44(36)49(45)33-13-5-4-6-14-33/h4-29H,1-3H3. The molecule has 0 nitrogen and oxygen atoms in total. The van der Waals surface area contributed by atoms with Crippen molar-refractivity contribution in [1.82, 2.24) is 0 Å². The second kappa shape index (κ2) is 10.5. The van der Waals surface area contributed by atoms with Crippen LogP contribution in [0.2, 0.25) is 0 Å². The van der Waals surface area contributed by atoms with Gasteiger partial charge in [0, 0.05) is 15.7 Å². The molecule has 0 aliphatic heterocycles. The minimum Gasteiger partial charge on any atom is -0.0772 e. The highest BCUT2D eigenvalue weighted by molar-refractivity contribution is 7.67. The molecule has 0 saturated heterocycles. The summed E-state index contributed by atoms with van der Waals surface area (Å²) in [7, 11) is -0.590. The van der Waals surface area contributed by atoms with Crippen LogP contribution >= 0.6 is 7.53 Å². The van der Waals surface area contributed by atoms with E-state index in [-0.39, 0.29) is 5.41 Å². The first-order chi connectivity index (χ1) is 24.0. The van der Waals surface area contributed by atoms with Gasteiger partial charge in [0.25, 0.3) is 0 Å². The smallest absolute Gasteiger partial charge is 0.0159 e. The Labute approximate surface area is 288 Å². The van der Waals surface area contributed by atoms with E-state index in [9.17, 15) is 0 Å². The molecule has 1 aromatic heterocycles. The van der Waals surface area contributed by atoms with Crippen molar-refractivity contribution in [3.8, 4) is 38.7 Å². The average Bonchev–Trinajstić information content (AvgIpc) is 3.59. The van der Waals surface area contributed by atoms with Crippen LogP contribution in [-0.2, 0) is 5.41 Å². The van der Waals surface area contributed by atoms with Crippen LogP contribution in [0, 0.1) is 6.92 Å². The van der Waals surface area contributed by atoms with Crippen molar-refractivity contribution in [2.75, 3.05) is 0 Å². The topological polar surface area (TPSA) is 0 Å². The number of hydrogen-bond acceptors (Lipinski definition) is 0. The molecule has 1 aliphatic carbocycles. The van der Waals surface area contributed by atoms with E-state index < -0.39 is 7.53 Å². The molecule has 0 spiro atoms. The highest BCUT2D eigenvalue weighted by Gasteiger charge is 2.35. The van der Waals surface area contributed by atoms with Gasteiger partial charge in [-0.2, -0.15) is 0 Å². The molecule has 1 aliphatic rings. The van der Waals surface area contributed by atoms with E-state index in [2.05, 4.69) is 178 Å². The Morgan fingerprint density at radius 3 is 1.82 bits per heavy atom. The van der Waals surface area contributed by atoms with Gasteiger partial charge in [-0.1, -0.05) is 166 Å². The maximum Gasteiger partial charge on any atom is 0.0159 e. The van der Waals surface area contributed by atoms with E-state index in [1.165, 1.54) is 97.9 Å². The average molecular weight is 643 g/mol. The molecule has 0 fully saturated rings. The summed E-state index contributed by atoms with van der Waals surface area (Å²) >= 11 is 0. The third kappa shape index (κ3) is 4.11. The SMILES string of the molecule is Cc1ccc2c(-c3ccc4c(c3)c3ccccc3p4-c3ccccc3)c3ccccc3c(-c3ccc4c(c3)C(C)(C)c3ccccc3-4)c2c1. The molecule has 8 aromatic carbocycles. The molecule has 49 heavy (non-hydrogen) atoms. The number of aryl methyl sites for hydroxylation is 1. The van der Waals surface area contributed by atoms with Crippen LogP contribution in [0.3, 0.4) is 0 Å². The highest BCUT2D eigenvalue weighted by atomic mass is 31.1. The third-order valence-corrected chi connectivity index (χ3v) is 13.6. The van der Waals surface area contributed by atoms with Crippen LogP contribution in [-0.4, -0.2) is 0 Å². The van der Waals surface area contributed by atoms with E-state index >= 15 is 0 Å². The van der Waals surface area contributed by atoms with Crippen LogP contribution in [0.15, 0.2) is 158 Å². The van der Waals surface area contributed by atoms with Crippen molar-refractivity contribution >= 4 is 50.1 Å². The van der Waals surface area contributed by atoms with Crippen molar-refractivity contribution < 1.29 is 0 Å². The van der Waals surface area contributed by atoms with Gasteiger partial charge >= 0.3 is 0 Å². The van der Waals surface area contributed by atoms with Crippen LogP contribution < -0.4 is 0 Å². The van der Waals surface area contributed by atoms with E-state index in [1.807, 2.05) is 0 Å². The Kier molecular flexibility index (Phi) is 6.15. The lowest BCUT2D eigenvalue weighted by Gasteiger charge is -2.23. The van der Waals surface area contributed by atoms with Gasteiger partial charge < -0.3 is 0 Å². The first-order valence-electron chi connectivity index (χ1n) is 17.3. The van der Waals surface area contributed by atoms with Gasteiger partial charge in [-0.3, -0.25) is 0 Å². The van der Waals surface area contributed by atoms with Crippen molar-refractivity contribution in [2.24, 2.45) is 0 Å². The lowest BCUT2D eigenvalue weighted by molar-refractivity contribution is 0.660. The van der Waals surface area contributed by atoms with Gasteiger partial charge in [0.15, 0.2) is 0 Å². The molecule has 0 N–H and O–H groups in total. The Balaban J connectivity index is 1.26. The van der Waals surface area contributed by atoms with Gasteiger partial charge in [-0.15, -0.1) is 0 Å². The van der Waals surface area contributed by atoms with Crippen molar-refractivity contribution in [2.45, 2.75) is 26.2 Å². The Bertz CT molecular complexity index is 2790. The second-order valence-corrected chi connectivity index (χ2v) is 16.3. The first-order valence-corrected chi connectivity index (χ1v) is 18.6. The predicted molar refractivity (Wildman–Crippen MR) is 214 cm³/mol. The minimum atomic E-state index is -0.590. The molecule has 10 rings (SSSR count). The molecular formula is C48H35P. The fraction of sp³-hybridized carbons (Fsp3) is 0.0833. The Hall–Kier alpha value is -5.42. The lowest BCUT2D eigenvalue weighted by atomic mass is 9.80. The molecule has 1 heteroatoms. The van der Waals surface area contributed by atoms with Gasteiger partial charge in [0.1, 0.15) is 0 Å². The normalized spacial score (nSPS) is 13.7. The van der Waals surface area contributed by atoms with Gasteiger partial charge in [-0.25, -0.2) is 0 Å². The predicted octanol–water partition coefficient (Wildman–Crippen LogP) is 14.2. The summed E-state index contributed by atoms with van der Waals surface area (Å²) in [5, 5.41) is 12.3. The van der Waals surface area contributed by atoms with E-state index in [0.717, 1.165) is 0 Å².